The molecule has 0 spiro atoms. The Morgan fingerprint density at radius 3 is 2.70 bits per heavy atom. The van der Waals surface area contributed by atoms with Crippen molar-refractivity contribution < 1.29 is 9.59 Å². The molecule has 4 aromatic heterocycles. The van der Waals surface area contributed by atoms with Gasteiger partial charge in [0, 0.05) is 36.4 Å². The summed E-state index contributed by atoms with van der Waals surface area (Å²) < 4.78 is 3.01. The van der Waals surface area contributed by atoms with Gasteiger partial charge in [0.15, 0.2) is 17.2 Å². The number of anilines is 1. The molecule has 6 aromatic rings. The van der Waals surface area contributed by atoms with E-state index in [0.29, 0.717) is 38.9 Å². The van der Waals surface area contributed by atoms with Crippen LogP contribution >= 0.6 is 0 Å². The predicted octanol–water partition coefficient (Wildman–Crippen LogP) is 3.26. The first-order valence-electron chi connectivity index (χ1n) is 12.6. The van der Waals surface area contributed by atoms with Crippen LogP contribution in [-0.4, -0.2) is 41.1 Å². The maximum absolute atomic E-state index is 14.2. The van der Waals surface area contributed by atoms with E-state index in [1.165, 1.54) is 16.9 Å². The van der Waals surface area contributed by atoms with Crippen LogP contribution in [0.25, 0.3) is 22.1 Å². The maximum atomic E-state index is 14.2. The lowest BCUT2D eigenvalue weighted by Gasteiger charge is -2.21. The summed E-state index contributed by atoms with van der Waals surface area (Å²) >= 11 is 0. The number of amides is 1. The summed E-state index contributed by atoms with van der Waals surface area (Å²) in [5.74, 6) is -0.573. The molecule has 0 unspecified atom stereocenters. The first kappa shape index (κ1) is 24.7. The van der Waals surface area contributed by atoms with Gasteiger partial charge in [0.05, 0.1) is 23.2 Å². The second kappa shape index (κ2) is 9.95. The first-order chi connectivity index (χ1) is 19.4. The quantitative estimate of drug-likeness (QED) is 0.267. The lowest BCUT2D eigenvalue weighted by Crippen LogP contribution is -2.32. The molecular formula is C29H24N8O3. The third kappa shape index (κ3) is 4.29. The van der Waals surface area contributed by atoms with Gasteiger partial charge in [-0.2, -0.15) is 5.10 Å². The number of fused-ring (bicyclic) bond motifs is 2. The van der Waals surface area contributed by atoms with Gasteiger partial charge < -0.3 is 11.1 Å². The minimum atomic E-state index is -0.612. The molecule has 1 amide bonds. The second-order valence-corrected chi connectivity index (χ2v) is 9.36. The molecule has 0 fully saturated rings. The molecule has 4 heterocycles. The lowest BCUT2D eigenvalue weighted by atomic mass is 9.98. The summed E-state index contributed by atoms with van der Waals surface area (Å²) in [4.78, 5) is 44.7. The smallest absolute Gasteiger partial charge is 0.263 e. The average molecular weight is 533 g/mol. The van der Waals surface area contributed by atoms with Gasteiger partial charge in [-0.1, -0.05) is 36.4 Å². The van der Waals surface area contributed by atoms with Crippen LogP contribution in [0.1, 0.15) is 44.9 Å². The van der Waals surface area contributed by atoms with Crippen LogP contribution < -0.4 is 16.6 Å². The Hall–Kier alpha value is -5.58. The van der Waals surface area contributed by atoms with Gasteiger partial charge in [0.1, 0.15) is 5.56 Å². The van der Waals surface area contributed by atoms with E-state index in [0.717, 1.165) is 0 Å². The maximum Gasteiger partial charge on any atom is 0.263 e. The summed E-state index contributed by atoms with van der Waals surface area (Å²) in [5.41, 5.74) is 8.46. The number of aromatic amines is 1. The third-order valence-corrected chi connectivity index (χ3v) is 6.79. The molecule has 1 atom stereocenters. The van der Waals surface area contributed by atoms with Crippen molar-refractivity contribution in [1.82, 2.24) is 34.7 Å². The number of nitrogens with two attached hydrogens (primary N) is 1. The Kier molecular flexibility index (Phi) is 6.15. The molecule has 0 radical (unpaired) electrons. The van der Waals surface area contributed by atoms with E-state index in [2.05, 4.69) is 25.6 Å². The summed E-state index contributed by atoms with van der Waals surface area (Å²) in [5, 5.41) is 14.7. The van der Waals surface area contributed by atoms with Crippen molar-refractivity contribution in [2.24, 2.45) is 0 Å². The Morgan fingerprint density at radius 2 is 1.93 bits per heavy atom. The molecular weight excluding hydrogens is 508 g/mol. The monoisotopic (exact) mass is 532 g/mol. The van der Waals surface area contributed by atoms with Crippen molar-refractivity contribution in [3.63, 3.8) is 0 Å². The Bertz CT molecular complexity index is 1940. The molecule has 11 nitrogen and oxygen atoms in total. The molecule has 40 heavy (non-hydrogen) atoms. The number of aromatic nitrogens is 6. The fourth-order valence-corrected chi connectivity index (χ4v) is 4.91. The second-order valence-electron chi connectivity index (χ2n) is 9.36. The molecule has 11 heteroatoms. The van der Waals surface area contributed by atoms with Crippen LogP contribution in [0, 0.1) is 0 Å². The highest BCUT2D eigenvalue weighted by Gasteiger charge is 2.24. The molecule has 4 N–H and O–H groups in total. The SMILES string of the molecule is C[C@@H](NC(=O)c1c(N)nn2cccnc12)c1cc2cccc(CC(=O)c3cn[nH]c3)c2c(=O)n1-c1ccccc1. The molecule has 0 aliphatic carbocycles. The summed E-state index contributed by atoms with van der Waals surface area (Å²) in [7, 11) is 0. The van der Waals surface area contributed by atoms with Crippen LogP contribution in [-0.2, 0) is 6.42 Å². The van der Waals surface area contributed by atoms with E-state index in [-0.39, 0.29) is 29.1 Å². The van der Waals surface area contributed by atoms with Crippen molar-refractivity contribution in [3.8, 4) is 5.69 Å². The van der Waals surface area contributed by atoms with Crippen molar-refractivity contribution in [2.75, 3.05) is 5.73 Å². The standard InChI is InChI=1S/C29H24N8O3/c1-17(34-28(39)25-26(30)35-36-12-6-11-31-27(25)36)22-13-18-7-5-8-19(14-23(38)20-15-32-33-16-20)24(18)29(40)37(22)21-9-3-2-4-10-21/h2-13,15-17H,14H2,1H3,(H2,30,35)(H,32,33)(H,34,39)/t17-/m1/s1. The van der Waals surface area contributed by atoms with Crippen molar-refractivity contribution in [2.45, 2.75) is 19.4 Å². The van der Waals surface area contributed by atoms with Gasteiger partial charge in [-0.15, -0.1) is 5.10 Å². The number of benzene rings is 2. The van der Waals surface area contributed by atoms with E-state index in [1.807, 2.05) is 48.5 Å². The normalized spacial score (nSPS) is 12.0. The van der Waals surface area contributed by atoms with Gasteiger partial charge in [0.2, 0.25) is 0 Å². The number of ketones is 1. The molecule has 0 bridgehead atoms. The Labute approximate surface area is 227 Å². The minimum absolute atomic E-state index is 0.0353. The zero-order valence-electron chi connectivity index (χ0n) is 21.4. The number of H-pyrrole nitrogens is 1. The summed E-state index contributed by atoms with van der Waals surface area (Å²) in [6.07, 6.45) is 6.24. The lowest BCUT2D eigenvalue weighted by molar-refractivity contribution is 0.0939. The highest BCUT2D eigenvalue weighted by molar-refractivity contribution is 6.04. The number of nitrogen functional groups attached to an aromatic ring is 1. The molecule has 6 rings (SSSR count). The zero-order valence-corrected chi connectivity index (χ0v) is 21.4. The number of pyridine rings is 1. The number of hydrogen-bond acceptors (Lipinski definition) is 7. The molecule has 0 aliphatic heterocycles. The first-order valence-corrected chi connectivity index (χ1v) is 12.6. The largest absolute Gasteiger partial charge is 0.381 e. The molecule has 0 aliphatic rings. The number of carbonyl (C=O) groups excluding carboxylic acids is 2. The fourth-order valence-electron chi connectivity index (χ4n) is 4.91. The van der Waals surface area contributed by atoms with Gasteiger partial charge >= 0.3 is 0 Å². The van der Waals surface area contributed by atoms with Crippen LogP contribution in [0.4, 0.5) is 5.82 Å². The van der Waals surface area contributed by atoms with Crippen molar-refractivity contribution in [1.29, 1.82) is 0 Å². The fraction of sp³-hybridized carbons (Fsp3) is 0.103. The zero-order chi connectivity index (χ0) is 27.8. The van der Waals surface area contributed by atoms with Gasteiger partial charge in [-0.25, -0.2) is 9.50 Å². The summed E-state index contributed by atoms with van der Waals surface area (Å²) in [6.45, 7) is 1.79. The summed E-state index contributed by atoms with van der Waals surface area (Å²) in [6, 6.07) is 17.5. The third-order valence-electron chi connectivity index (χ3n) is 6.79. The molecule has 0 saturated carbocycles. The number of para-hydroxylation sites is 1. The van der Waals surface area contributed by atoms with Crippen LogP contribution in [0.15, 0.2) is 90.2 Å². The van der Waals surface area contributed by atoms with E-state index in [9.17, 15) is 14.4 Å². The Balaban J connectivity index is 1.46. The van der Waals surface area contributed by atoms with Gasteiger partial charge in [-0.05, 0) is 42.1 Å². The van der Waals surface area contributed by atoms with Crippen LogP contribution in [0.2, 0.25) is 0 Å². The Morgan fingerprint density at radius 1 is 1.10 bits per heavy atom. The number of nitrogens with one attached hydrogen (secondary N) is 2. The van der Waals surface area contributed by atoms with Crippen molar-refractivity contribution in [3.05, 3.63) is 118 Å². The van der Waals surface area contributed by atoms with Gasteiger partial charge in [0.25, 0.3) is 11.5 Å². The van der Waals surface area contributed by atoms with Crippen molar-refractivity contribution >= 4 is 33.9 Å². The highest BCUT2D eigenvalue weighted by Crippen LogP contribution is 2.25. The van der Waals surface area contributed by atoms with E-state index < -0.39 is 11.9 Å². The number of hydrogen-bond donors (Lipinski definition) is 3. The topological polar surface area (TPSA) is 153 Å². The predicted molar refractivity (Wildman–Crippen MR) is 149 cm³/mol. The van der Waals surface area contributed by atoms with E-state index >= 15 is 0 Å². The minimum Gasteiger partial charge on any atom is -0.381 e. The van der Waals surface area contributed by atoms with E-state index in [4.69, 9.17) is 5.73 Å². The van der Waals surface area contributed by atoms with E-state index in [1.54, 1.807) is 36.0 Å². The number of rotatable bonds is 7. The van der Waals surface area contributed by atoms with Crippen LogP contribution in [0.3, 0.4) is 0 Å². The molecule has 0 saturated heterocycles. The van der Waals surface area contributed by atoms with Crippen LogP contribution in [0.5, 0.6) is 0 Å². The van der Waals surface area contributed by atoms with Gasteiger partial charge in [-0.3, -0.25) is 24.0 Å². The molecule has 198 valence electrons. The highest BCUT2D eigenvalue weighted by atomic mass is 16.2. The average Bonchev–Trinajstić information content (AvgIpc) is 3.61. The number of carbonyl (C=O) groups is 2. The molecule has 2 aromatic carbocycles. The number of Topliss-reactive ketones (excluding diaryl/α,β-unsaturated/α-hetero) is 1. The number of nitrogens with zero attached hydrogens (tertiary/aromatic N) is 5.